The number of aromatic nitrogens is 1. The third kappa shape index (κ3) is 2.51. The van der Waals surface area contributed by atoms with Gasteiger partial charge in [-0.1, -0.05) is 20.8 Å². The predicted molar refractivity (Wildman–Crippen MR) is 68.4 cm³/mol. The van der Waals surface area contributed by atoms with Crippen LogP contribution in [0.1, 0.15) is 39.2 Å². The maximum atomic E-state index is 5.95. The van der Waals surface area contributed by atoms with Gasteiger partial charge in [-0.05, 0) is 24.5 Å². The summed E-state index contributed by atoms with van der Waals surface area (Å²) >= 11 is 1.74. The van der Waals surface area contributed by atoms with Crippen LogP contribution in [0.4, 0.5) is 0 Å². The lowest BCUT2D eigenvalue weighted by Crippen LogP contribution is -2.16. The van der Waals surface area contributed by atoms with Crippen LogP contribution in [0.5, 0.6) is 5.75 Å². The molecule has 0 aromatic carbocycles. The van der Waals surface area contributed by atoms with Crippen molar-refractivity contribution in [2.24, 2.45) is 0 Å². The molecule has 0 radical (unpaired) electrons. The molecule has 0 amide bonds. The van der Waals surface area contributed by atoms with Gasteiger partial charge in [-0.15, -0.1) is 11.8 Å². The molecular formula is C13H19NOS. The number of ether oxygens (including phenoxy) is 1. The topological polar surface area (TPSA) is 22.1 Å². The molecular weight excluding hydrogens is 218 g/mol. The third-order valence-corrected chi connectivity index (χ3v) is 3.41. The quantitative estimate of drug-likeness (QED) is 0.749. The normalized spacial score (nSPS) is 16.2. The molecule has 2 nitrogen and oxygen atoms in total. The molecule has 1 saturated carbocycles. The van der Waals surface area contributed by atoms with Gasteiger partial charge in [-0.2, -0.15) is 0 Å². The largest absolute Gasteiger partial charge is 0.488 e. The number of pyridine rings is 1. The van der Waals surface area contributed by atoms with Gasteiger partial charge in [0, 0.05) is 16.7 Å². The van der Waals surface area contributed by atoms with E-state index >= 15 is 0 Å². The third-order valence-electron chi connectivity index (χ3n) is 2.66. The Morgan fingerprint density at radius 3 is 2.50 bits per heavy atom. The average Bonchev–Trinajstić information content (AvgIpc) is 2.99. The summed E-state index contributed by atoms with van der Waals surface area (Å²) in [5.41, 5.74) is 1.40. The van der Waals surface area contributed by atoms with E-state index in [1.807, 2.05) is 12.4 Å². The van der Waals surface area contributed by atoms with Crippen LogP contribution in [-0.2, 0) is 5.41 Å². The lowest BCUT2D eigenvalue weighted by atomic mass is 9.87. The highest BCUT2D eigenvalue weighted by Crippen LogP contribution is 2.39. The van der Waals surface area contributed by atoms with E-state index in [0.717, 1.165) is 5.75 Å². The smallest absolute Gasteiger partial charge is 0.142 e. The minimum atomic E-state index is 0.103. The Bertz CT molecular complexity index is 380. The van der Waals surface area contributed by atoms with Gasteiger partial charge in [0.2, 0.25) is 0 Å². The molecule has 88 valence electrons. The molecule has 1 aliphatic rings. The molecule has 1 heterocycles. The van der Waals surface area contributed by atoms with Crippen LogP contribution in [0, 0.1) is 0 Å². The minimum absolute atomic E-state index is 0.103. The van der Waals surface area contributed by atoms with Gasteiger partial charge in [0.05, 0.1) is 12.3 Å². The SMILES string of the molecule is CSc1cncc(OC2CC2)c1C(C)(C)C. The van der Waals surface area contributed by atoms with Gasteiger partial charge in [-0.3, -0.25) is 4.98 Å². The fraction of sp³-hybridized carbons (Fsp3) is 0.615. The summed E-state index contributed by atoms with van der Waals surface area (Å²) in [5.74, 6) is 0.974. The second-order valence-corrected chi connectivity index (χ2v) is 6.13. The van der Waals surface area contributed by atoms with E-state index in [1.165, 1.54) is 23.3 Å². The van der Waals surface area contributed by atoms with E-state index in [-0.39, 0.29) is 5.41 Å². The lowest BCUT2D eigenvalue weighted by Gasteiger charge is -2.25. The van der Waals surface area contributed by atoms with Gasteiger partial charge >= 0.3 is 0 Å². The Balaban J connectivity index is 2.41. The van der Waals surface area contributed by atoms with E-state index in [0.29, 0.717) is 6.10 Å². The zero-order valence-electron chi connectivity index (χ0n) is 10.4. The Hall–Kier alpha value is -0.700. The number of hydrogen-bond acceptors (Lipinski definition) is 3. The van der Waals surface area contributed by atoms with Gasteiger partial charge in [0.15, 0.2) is 0 Å². The van der Waals surface area contributed by atoms with E-state index in [4.69, 9.17) is 4.74 Å². The van der Waals surface area contributed by atoms with Crippen LogP contribution in [-0.4, -0.2) is 17.3 Å². The van der Waals surface area contributed by atoms with Gasteiger partial charge in [-0.25, -0.2) is 0 Å². The highest BCUT2D eigenvalue weighted by atomic mass is 32.2. The summed E-state index contributed by atoms with van der Waals surface area (Å²) < 4.78 is 5.95. The van der Waals surface area contributed by atoms with Crippen molar-refractivity contribution in [3.8, 4) is 5.75 Å². The van der Waals surface area contributed by atoms with E-state index in [9.17, 15) is 0 Å². The van der Waals surface area contributed by atoms with Crippen LogP contribution in [0.3, 0.4) is 0 Å². The second kappa shape index (κ2) is 4.28. The Kier molecular flexibility index (Phi) is 3.15. The summed E-state index contributed by atoms with van der Waals surface area (Å²) in [6.07, 6.45) is 8.69. The molecule has 16 heavy (non-hydrogen) atoms. The lowest BCUT2D eigenvalue weighted by molar-refractivity contribution is 0.292. The molecule has 0 unspecified atom stereocenters. The molecule has 3 heteroatoms. The van der Waals surface area contributed by atoms with Crippen molar-refractivity contribution < 1.29 is 4.74 Å². The van der Waals surface area contributed by atoms with Crippen molar-refractivity contribution in [2.75, 3.05) is 6.26 Å². The first kappa shape index (κ1) is 11.8. The minimum Gasteiger partial charge on any atom is -0.488 e. The molecule has 0 bridgehead atoms. The van der Waals surface area contributed by atoms with E-state index in [1.54, 1.807) is 11.8 Å². The molecule has 0 aliphatic heterocycles. The zero-order valence-corrected chi connectivity index (χ0v) is 11.2. The van der Waals surface area contributed by atoms with Crippen LogP contribution in [0.15, 0.2) is 17.3 Å². The summed E-state index contributed by atoms with van der Waals surface area (Å²) in [5, 5.41) is 0. The van der Waals surface area contributed by atoms with Crippen molar-refractivity contribution in [3.05, 3.63) is 18.0 Å². The Morgan fingerprint density at radius 1 is 1.31 bits per heavy atom. The predicted octanol–water partition coefficient (Wildman–Crippen LogP) is 3.64. The molecule has 1 aromatic rings. The van der Waals surface area contributed by atoms with Crippen LogP contribution >= 0.6 is 11.8 Å². The van der Waals surface area contributed by atoms with Crippen molar-refractivity contribution in [1.29, 1.82) is 0 Å². The molecule has 0 spiro atoms. The molecule has 0 N–H and O–H groups in total. The highest BCUT2D eigenvalue weighted by Gasteiger charge is 2.28. The molecule has 1 aliphatic carbocycles. The first-order valence-corrected chi connectivity index (χ1v) is 6.94. The average molecular weight is 237 g/mol. The van der Waals surface area contributed by atoms with Gasteiger partial charge in [0.25, 0.3) is 0 Å². The fourth-order valence-electron chi connectivity index (χ4n) is 1.77. The van der Waals surface area contributed by atoms with E-state index < -0.39 is 0 Å². The van der Waals surface area contributed by atoms with Crippen molar-refractivity contribution in [1.82, 2.24) is 4.98 Å². The van der Waals surface area contributed by atoms with E-state index in [2.05, 4.69) is 32.0 Å². The Labute approximate surface area is 102 Å². The Morgan fingerprint density at radius 2 is 2.00 bits per heavy atom. The molecule has 1 fully saturated rings. The summed E-state index contributed by atoms with van der Waals surface area (Å²) in [6, 6.07) is 0. The maximum absolute atomic E-state index is 5.95. The van der Waals surface area contributed by atoms with Crippen LogP contribution < -0.4 is 4.74 Å². The van der Waals surface area contributed by atoms with Gasteiger partial charge in [0.1, 0.15) is 5.75 Å². The molecule has 1 aromatic heterocycles. The number of rotatable bonds is 3. The van der Waals surface area contributed by atoms with Crippen molar-refractivity contribution >= 4 is 11.8 Å². The standard InChI is InChI=1S/C13H19NOS/c1-13(2,3)12-10(15-9-5-6-9)7-14-8-11(12)16-4/h7-9H,5-6H2,1-4H3. The number of nitrogens with zero attached hydrogens (tertiary/aromatic N) is 1. The maximum Gasteiger partial charge on any atom is 0.142 e. The van der Waals surface area contributed by atoms with Crippen molar-refractivity contribution in [3.63, 3.8) is 0 Å². The second-order valence-electron chi connectivity index (χ2n) is 5.28. The van der Waals surface area contributed by atoms with Crippen LogP contribution in [0.2, 0.25) is 0 Å². The van der Waals surface area contributed by atoms with Crippen molar-refractivity contribution in [2.45, 2.75) is 50.0 Å². The zero-order chi connectivity index (χ0) is 11.8. The summed E-state index contributed by atoms with van der Waals surface area (Å²) in [4.78, 5) is 5.49. The molecule has 0 saturated heterocycles. The van der Waals surface area contributed by atoms with Crippen LogP contribution in [0.25, 0.3) is 0 Å². The summed E-state index contributed by atoms with van der Waals surface area (Å²) in [7, 11) is 0. The molecule has 0 atom stereocenters. The highest BCUT2D eigenvalue weighted by molar-refractivity contribution is 7.98. The fourth-order valence-corrected chi connectivity index (χ4v) is 2.55. The monoisotopic (exact) mass is 237 g/mol. The first-order chi connectivity index (χ1) is 7.52. The number of thioether (sulfide) groups is 1. The molecule has 2 rings (SSSR count). The van der Waals surface area contributed by atoms with Gasteiger partial charge < -0.3 is 4.74 Å². The first-order valence-electron chi connectivity index (χ1n) is 5.71. The number of hydrogen-bond donors (Lipinski definition) is 0. The summed E-state index contributed by atoms with van der Waals surface area (Å²) in [6.45, 7) is 6.67.